The van der Waals surface area contributed by atoms with Crippen LogP contribution in [0.15, 0.2) is 24.5 Å². The molecule has 0 saturated heterocycles. The number of hydrogen-bond acceptors (Lipinski definition) is 4. The van der Waals surface area contributed by atoms with Crippen LogP contribution in [0.1, 0.15) is 23.9 Å². The van der Waals surface area contributed by atoms with Crippen molar-refractivity contribution < 1.29 is 4.79 Å². The molecule has 3 N–H and O–H groups in total. The molecule has 1 amide bonds. The molecule has 0 aromatic carbocycles. The van der Waals surface area contributed by atoms with Crippen LogP contribution in [0.4, 0.5) is 5.69 Å². The van der Waals surface area contributed by atoms with Gasteiger partial charge in [0.15, 0.2) is 0 Å². The molecule has 6 nitrogen and oxygen atoms in total. The van der Waals surface area contributed by atoms with Crippen molar-refractivity contribution in [3.8, 4) is 0 Å². The molecule has 2 aromatic heterocycles. The Morgan fingerprint density at radius 3 is 2.90 bits per heavy atom. The third-order valence-electron chi connectivity index (χ3n) is 2.99. The van der Waals surface area contributed by atoms with Crippen LogP contribution in [0.25, 0.3) is 0 Å². The van der Waals surface area contributed by atoms with E-state index in [9.17, 15) is 4.79 Å². The number of rotatable bonds is 5. The van der Waals surface area contributed by atoms with Gasteiger partial charge in [0, 0.05) is 31.0 Å². The van der Waals surface area contributed by atoms with Gasteiger partial charge in [0.05, 0.1) is 24.0 Å². The van der Waals surface area contributed by atoms with Crippen molar-refractivity contribution in [3.63, 3.8) is 0 Å². The highest BCUT2D eigenvalue weighted by atomic mass is 16.1. The zero-order valence-corrected chi connectivity index (χ0v) is 11.8. The number of aryl methyl sites for hydroxylation is 2. The Kier molecular flexibility index (Phi) is 4.34. The van der Waals surface area contributed by atoms with E-state index in [0.717, 1.165) is 17.7 Å². The molecule has 0 aliphatic carbocycles. The van der Waals surface area contributed by atoms with Crippen molar-refractivity contribution in [3.05, 3.63) is 41.5 Å². The monoisotopic (exact) mass is 273 g/mol. The van der Waals surface area contributed by atoms with Gasteiger partial charge in [-0.3, -0.25) is 14.5 Å². The molecule has 0 spiro atoms. The Bertz CT molecular complexity index is 588. The minimum Gasteiger partial charge on any atom is -0.397 e. The number of nitrogens with zero attached hydrogens (tertiary/aromatic N) is 3. The standard InChI is InChI=1S/C14H19N5O/c1-3-13-10(9-19(2)18-13)7-17-14(20)6-12-5-4-11(15)8-16-12/h4-5,8-9H,3,6-7,15H2,1-2H3,(H,17,20). The second-order valence-electron chi connectivity index (χ2n) is 4.66. The van der Waals surface area contributed by atoms with E-state index >= 15 is 0 Å². The number of aromatic nitrogens is 3. The SMILES string of the molecule is CCc1nn(C)cc1CNC(=O)Cc1ccc(N)cn1. The van der Waals surface area contributed by atoms with E-state index in [4.69, 9.17) is 5.73 Å². The van der Waals surface area contributed by atoms with E-state index < -0.39 is 0 Å². The molecule has 0 atom stereocenters. The molecule has 2 heterocycles. The van der Waals surface area contributed by atoms with Gasteiger partial charge in [0.2, 0.25) is 5.91 Å². The number of carbonyl (C=O) groups excluding carboxylic acids is 1. The smallest absolute Gasteiger partial charge is 0.226 e. The highest BCUT2D eigenvalue weighted by Crippen LogP contribution is 2.07. The molecule has 6 heteroatoms. The van der Waals surface area contributed by atoms with Gasteiger partial charge in [-0.15, -0.1) is 0 Å². The normalized spacial score (nSPS) is 10.5. The molecule has 0 unspecified atom stereocenters. The summed E-state index contributed by atoms with van der Waals surface area (Å²) < 4.78 is 1.77. The van der Waals surface area contributed by atoms with Gasteiger partial charge in [-0.05, 0) is 18.6 Å². The number of hydrogen-bond donors (Lipinski definition) is 2. The molecule has 0 aliphatic heterocycles. The highest BCUT2D eigenvalue weighted by Gasteiger charge is 2.08. The number of pyridine rings is 1. The summed E-state index contributed by atoms with van der Waals surface area (Å²) in [5.41, 5.74) is 8.92. The van der Waals surface area contributed by atoms with Crippen LogP contribution in [0.2, 0.25) is 0 Å². The molecule has 0 fully saturated rings. The Labute approximate surface area is 118 Å². The van der Waals surface area contributed by atoms with Gasteiger partial charge in [0.25, 0.3) is 0 Å². The van der Waals surface area contributed by atoms with Crippen molar-refractivity contribution in [1.29, 1.82) is 0 Å². The number of carbonyl (C=O) groups is 1. The first-order valence-electron chi connectivity index (χ1n) is 6.57. The summed E-state index contributed by atoms with van der Waals surface area (Å²) in [5, 5.41) is 7.23. The second-order valence-corrected chi connectivity index (χ2v) is 4.66. The first-order chi connectivity index (χ1) is 9.58. The van der Waals surface area contributed by atoms with Gasteiger partial charge >= 0.3 is 0 Å². The van der Waals surface area contributed by atoms with E-state index in [1.807, 2.05) is 20.2 Å². The second kappa shape index (κ2) is 6.18. The van der Waals surface area contributed by atoms with Gasteiger partial charge in [-0.2, -0.15) is 5.10 Å². The van der Waals surface area contributed by atoms with Crippen molar-refractivity contribution in [2.24, 2.45) is 7.05 Å². The quantitative estimate of drug-likeness (QED) is 0.844. The molecule has 0 saturated carbocycles. The minimum atomic E-state index is -0.0619. The Hall–Kier alpha value is -2.37. The Morgan fingerprint density at radius 2 is 2.25 bits per heavy atom. The van der Waals surface area contributed by atoms with Crippen LogP contribution in [0, 0.1) is 0 Å². The fourth-order valence-electron chi connectivity index (χ4n) is 1.99. The van der Waals surface area contributed by atoms with E-state index in [1.54, 1.807) is 23.0 Å². The molecule has 20 heavy (non-hydrogen) atoms. The Balaban J connectivity index is 1.90. The first-order valence-corrected chi connectivity index (χ1v) is 6.57. The molecule has 106 valence electrons. The van der Waals surface area contributed by atoms with Gasteiger partial charge in [-0.1, -0.05) is 6.92 Å². The van der Waals surface area contributed by atoms with Crippen molar-refractivity contribution in [2.75, 3.05) is 5.73 Å². The summed E-state index contributed by atoms with van der Waals surface area (Å²) in [4.78, 5) is 16.0. The lowest BCUT2D eigenvalue weighted by atomic mass is 10.2. The van der Waals surface area contributed by atoms with Crippen LogP contribution in [-0.4, -0.2) is 20.7 Å². The van der Waals surface area contributed by atoms with Crippen LogP contribution < -0.4 is 11.1 Å². The average molecular weight is 273 g/mol. The maximum absolute atomic E-state index is 11.9. The Morgan fingerprint density at radius 1 is 1.45 bits per heavy atom. The fraction of sp³-hybridized carbons (Fsp3) is 0.357. The van der Waals surface area contributed by atoms with E-state index in [1.165, 1.54) is 0 Å². The van der Waals surface area contributed by atoms with E-state index in [2.05, 4.69) is 15.4 Å². The summed E-state index contributed by atoms with van der Waals surface area (Å²) in [5.74, 6) is -0.0619. The summed E-state index contributed by atoms with van der Waals surface area (Å²) in [6.07, 6.45) is 4.59. The number of nitrogens with two attached hydrogens (primary N) is 1. The lowest BCUT2D eigenvalue weighted by Gasteiger charge is -2.05. The predicted molar refractivity (Wildman–Crippen MR) is 76.8 cm³/mol. The van der Waals surface area contributed by atoms with Crippen LogP contribution in [0.5, 0.6) is 0 Å². The van der Waals surface area contributed by atoms with Gasteiger partial charge in [0.1, 0.15) is 0 Å². The lowest BCUT2D eigenvalue weighted by Crippen LogP contribution is -2.25. The number of amides is 1. The van der Waals surface area contributed by atoms with E-state index in [-0.39, 0.29) is 12.3 Å². The van der Waals surface area contributed by atoms with Crippen LogP contribution in [0.3, 0.4) is 0 Å². The molecule has 0 aliphatic rings. The molecule has 0 bridgehead atoms. The summed E-state index contributed by atoms with van der Waals surface area (Å²) in [6.45, 7) is 2.54. The highest BCUT2D eigenvalue weighted by molar-refractivity contribution is 5.78. The van der Waals surface area contributed by atoms with Gasteiger partial charge < -0.3 is 11.1 Å². The van der Waals surface area contributed by atoms with E-state index in [0.29, 0.717) is 17.9 Å². The largest absolute Gasteiger partial charge is 0.397 e. The van der Waals surface area contributed by atoms with Crippen molar-refractivity contribution in [1.82, 2.24) is 20.1 Å². The van der Waals surface area contributed by atoms with Crippen molar-refractivity contribution >= 4 is 11.6 Å². The summed E-state index contributed by atoms with van der Waals surface area (Å²) in [6, 6.07) is 3.50. The summed E-state index contributed by atoms with van der Waals surface area (Å²) in [7, 11) is 1.88. The maximum Gasteiger partial charge on any atom is 0.226 e. The van der Waals surface area contributed by atoms with Crippen molar-refractivity contribution in [2.45, 2.75) is 26.3 Å². The molecular formula is C14H19N5O. The molecule has 2 rings (SSSR count). The zero-order chi connectivity index (χ0) is 14.5. The fourth-order valence-corrected chi connectivity index (χ4v) is 1.99. The molecular weight excluding hydrogens is 254 g/mol. The number of anilines is 1. The minimum absolute atomic E-state index is 0.0619. The maximum atomic E-state index is 11.9. The van der Waals surface area contributed by atoms with Crippen LogP contribution in [-0.2, 0) is 31.2 Å². The first kappa shape index (κ1) is 14.0. The lowest BCUT2D eigenvalue weighted by molar-refractivity contribution is -0.120. The van der Waals surface area contributed by atoms with Gasteiger partial charge in [-0.25, -0.2) is 0 Å². The summed E-state index contributed by atoms with van der Waals surface area (Å²) >= 11 is 0. The number of nitrogens with one attached hydrogen (secondary N) is 1. The average Bonchev–Trinajstić information content (AvgIpc) is 2.79. The third kappa shape index (κ3) is 3.57. The van der Waals surface area contributed by atoms with Crippen LogP contribution >= 0.6 is 0 Å². The zero-order valence-electron chi connectivity index (χ0n) is 11.8. The predicted octanol–water partition coefficient (Wildman–Crippen LogP) is 0.819. The molecule has 2 aromatic rings. The number of nitrogen functional groups attached to an aromatic ring is 1. The third-order valence-corrected chi connectivity index (χ3v) is 2.99. The molecule has 0 radical (unpaired) electrons. The topological polar surface area (TPSA) is 85.8 Å².